The Balaban J connectivity index is 2.19. The maximum Gasteiger partial charge on any atom is 0.151 e. The van der Waals surface area contributed by atoms with Crippen LogP contribution in [0.3, 0.4) is 0 Å². The quantitative estimate of drug-likeness (QED) is 0.514. The van der Waals surface area contributed by atoms with E-state index in [1.807, 2.05) is 0 Å². The first-order valence-electron chi connectivity index (χ1n) is 6.30. The Bertz CT molecular complexity index is 164. The van der Waals surface area contributed by atoms with Gasteiger partial charge in [0.25, 0.3) is 0 Å². The Morgan fingerprint density at radius 2 is 1.25 bits per heavy atom. The van der Waals surface area contributed by atoms with Crippen LogP contribution in [0, 0.1) is 11.8 Å². The van der Waals surface area contributed by atoms with Gasteiger partial charge in [-0.15, -0.1) is 0 Å². The van der Waals surface area contributed by atoms with Gasteiger partial charge in [-0.05, 0) is 43.9 Å². The Kier molecular flexibility index (Phi) is 6.28. The minimum Gasteiger partial charge on any atom is -0.368 e. The molecule has 1 saturated carbocycles. The summed E-state index contributed by atoms with van der Waals surface area (Å²) in [6, 6.07) is 0. The Morgan fingerprint density at radius 3 is 1.62 bits per heavy atom. The molecule has 0 radical (unpaired) electrons. The summed E-state index contributed by atoms with van der Waals surface area (Å²) in [5.41, 5.74) is 0. The Morgan fingerprint density at radius 1 is 0.812 bits per heavy atom. The predicted molar refractivity (Wildman–Crippen MR) is 60.4 cm³/mol. The molecule has 0 aromatic rings. The van der Waals surface area contributed by atoms with Gasteiger partial charge >= 0.3 is 0 Å². The van der Waals surface area contributed by atoms with E-state index < -0.39 is 12.6 Å². The molecule has 4 heteroatoms. The van der Waals surface area contributed by atoms with E-state index in [2.05, 4.69) is 0 Å². The monoisotopic (exact) mass is 232 g/mol. The molecule has 2 atom stereocenters. The second-order valence-electron chi connectivity index (χ2n) is 5.01. The number of hydrogen-bond donors (Lipinski definition) is 4. The average molecular weight is 232 g/mol. The van der Waals surface area contributed by atoms with Gasteiger partial charge in [-0.1, -0.05) is 19.3 Å². The lowest BCUT2D eigenvalue weighted by Crippen LogP contribution is -2.19. The fourth-order valence-corrected chi connectivity index (χ4v) is 2.70. The highest BCUT2D eigenvalue weighted by atomic mass is 16.5. The van der Waals surface area contributed by atoms with E-state index in [1.54, 1.807) is 0 Å². The van der Waals surface area contributed by atoms with Gasteiger partial charge in [-0.2, -0.15) is 0 Å². The van der Waals surface area contributed by atoms with E-state index in [1.165, 1.54) is 19.3 Å². The van der Waals surface area contributed by atoms with Crippen molar-refractivity contribution in [2.75, 3.05) is 0 Å². The van der Waals surface area contributed by atoms with Gasteiger partial charge in [0.05, 0.1) is 0 Å². The molecule has 96 valence electrons. The molecule has 0 aliphatic heterocycles. The molecule has 0 heterocycles. The van der Waals surface area contributed by atoms with Crippen LogP contribution in [0.5, 0.6) is 0 Å². The van der Waals surface area contributed by atoms with Crippen LogP contribution in [0.2, 0.25) is 0 Å². The zero-order valence-corrected chi connectivity index (χ0v) is 9.76. The smallest absolute Gasteiger partial charge is 0.151 e. The van der Waals surface area contributed by atoms with Crippen LogP contribution in [0.4, 0.5) is 0 Å². The fraction of sp³-hybridized carbons (Fsp3) is 1.00. The highest BCUT2D eigenvalue weighted by Crippen LogP contribution is 2.34. The van der Waals surface area contributed by atoms with Crippen molar-refractivity contribution in [3.05, 3.63) is 0 Å². The molecule has 0 amide bonds. The summed E-state index contributed by atoms with van der Waals surface area (Å²) in [4.78, 5) is 0. The predicted octanol–water partition coefficient (Wildman–Crippen LogP) is 0.975. The number of rotatable bonds is 6. The van der Waals surface area contributed by atoms with E-state index in [-0.39, 0.29) is 0 Å². The summed E-state index contributed by atoms with van der Waals surface area (Å²) in [7, 11) is 0. The summed E-state index contributed by atoms with van der Waals surface area (Å²) < 4.78 is 0. The molecule has 1 aliphatic carbocycles. The highest BCUT2D eigenvalue weighted by Gasteiger charge is 2.22. The van der Waals surface area contributed by atoms with Gasteiger partial charge in [0.2, 0.25) is 0 Å². The number of hydrogen-bond acceptors (Lipinski definition) is 4. The minimum atomic E-state index is -1.18. The van der Waals surface area contributed by atoms with E-state index in [9.17, 15) is 0 Å². The van der Waals surface area contributed by atoms with Gasteiger partial charge < -0.3 is 20.4 Å². The highest BCUT2D eigenvalue weighted by molar-refractivity contribution is 4.73. The molecule has 1 aliphatic rings. The summed E-state index contributed by atoms with van der Waals surface area (Å²) >= 11 is 0. The summed E-state index contributed by atoms with van der Waals surface area (Å²) in [5, 5.41) is 35.3. The molecule has 2 unspecified atom stereocenters. The molecular weight excluding hydrogens is 208 g/mol. The normalized spacial score (nSPS) is 26.6. The lowest BCUT2D eigenvalue weighted by Gasteiger charge is -2.29. The SMILES string of the molecule is OC(O)CCC1CCCC(CCC(O)O)C1. The van der Waals surface area contributed by atoms with Crippen molar-refractivity contribution in [1.82, 2.24) is 0 Å². The molecule has 1 fully saturated rings. The first-order chi connectivity index (χ1) is 7.58. The van der Waals surface area contributed by atoms with Gasteiger partial charge in [-0.3, -0.25) is 0 Å². The number of aliphatic hydroxyl groups excluding tert-OH is 2. The number of aliphatic hydroxyl groups is 4. The van der Waals surface area contributed by atoms with Crippen LogP contribution in [-0.4, -0.2) is 33.0 Å². The average Bonchev–Trinajstić information content (AvgIpc) is 2.24. The third-order valence-corrected chi connectivity index (χ3v) is 3.56. The van der Waals surface area contributed by atoms with Crippen LogP contribution in [0.15, 0.2) is 0 Å². The van der Waals surface area contributed by atoms with E-state index in [0.29, 0.717) is 24.7 Å². The Hall–Kier alpha value is -0.160. The first-order valence-corrected chi connectivity index (χ1v) is 6.30. The van der Waals surface area contributed by atoms with Crippen LogP contribution in [0.25, 0.3) is 0 Å². The standard InChI is InChI=1S/C12H24O4/c13-11(14)6-4-9-2-1-3-10(8-9)5-7-12(15)16/h9-16H,1-8H2. The zero-order valence-electron chi connectivity index (χ0n) is 9.76. The lowest BCUT2D eigenvalue weighted by molar-refractivity contribution is -0.0530. The molecule has 4 N–H and O–H groups in total. The fourth-order valence-electron chi connectivity index (χ4n) is 2.70. The molecule has 0 saturated heterocycles. The minimum absolute atomic E-state index is 0.458. The first kappa shape index (κ1) is 13.9. The van der Waals surface area contributed by atoms with Crippen molar-refractivity contribution >= 4 is 0 Å². The maximum absolute atomic E-state index is 8.81. The van der Waals surface area contributed by atoms with Crippen molar-refractivity contribution < 1.29 is 20.4 Å². The van der Waals surface area contributed by atoms with E-state index in [0.717, 1.165) is 19.3 Å². The van der Waals surface area contributed by atoms with Crippen molar-refractivity contribution in [3.8, 4) is 0 Å². The third kappa shape index (κ3) is 5.80. The lowest BCUT2D eigenvalue weighted by atomic mass is 9.77. The van der Waals surface area contributed by atoms with Crippen molar-refractivity contribution in [1.29, 1.82) is 0 Å². The zero-order chi connectivity index (χ0) is 12.0. The topological polar surface area (TPSA) is 80.9 Å². The molecule has 0 spiro atoms. The second kappa shape index (κ2) is 7.22. The third-order valence-electron chi connectivity index (χ3n) is 3.56. The molecular formula is C12H24O4. The van der Waals surface area contributed by atoms with Gasteiger partial charge in [0.15, 0.2) is 12.6 Å². The largest absolute Gasteiger partial charge is 0.368 e. The molecule has 4 nitrogen and oxygen atoms in total. The van der Waals surface area contributed by atoms with E-state index in [4.69, 9.17) is 20.4 Å². The summed E-state index contributed by atoms with van der Waals surface area (Å²) in [5.74, 6) is 1.16. The van der Waals surface area contributed by atoms with Gasteiger partial charge in [-0.25, -0.2) is 0 Å². The maximum atomic E-state index is 8.81. The molecule has 0 bridgehead atoms. The van der Waals surface area contributed by atoms with Crippen LogP contribution >= 0.6 is 0 Å². The van der Waals surface area contributed by atoms with Crippen molar-refractivity contribution in [2.45, 2.75) is 63.9 Å². The van der Waals surface area contributed by atoms with E-state index >= 15 is 0 Å². The summed E-state index contributed by atoms with van der Waals surface area (Å²) in [6.07, 6.45) is 4.92. The van der Waals surface area contributed by atoms with Crippen molar-refractivity contribution in [2.24, 2.45) is 11.8 Å². The van der Waals surface area contributed by atoms with Crippen LogP contribution < -0.4 is 0 Å². The van der Waals surface area contributed by atoms with Crippen LogP contribution in [0.1, 0.15) is 51.4 Å². The molecule has 16 heavy (non-hydrogen) atoms. The molecule has 1 rings (SSSR count). The van der Waals surface area contributed by atoms with Crippen molar-refractivity contribution in [3.63, 3.8) is 0 Å². The molecule has 0 aromatic heterocycles. The second-order valence-corrected chi connectivity index (χ2v) is 5.01. The molecule has 0 aromatic carbocycles. The van der Waals surface area contributed by atoms with Gasteiger partial charge in [0.1, 0.15) is 0 Å². The Labute approximate surface area is 96.9 Å². The van der Waals surface area contributed by atoms with Gasteiger partial charge in [0, 0.05) is 0 Å². The summed E-state index contributed by atoms with van der Waals surface area (Å²) in [6.45, 7) is 0. The van der Waals surface area contributed by atoms with Crippen LogP contribution in [-0.2, 0) is 0 Å².